The van der Waals surface area contributed by atoms with Crippen molar-refractivity contribution in [3.8, 4) is 29.0 Å². The van der Waals surface area contributed by atoms with E-state index in [9.17, 15) is 32.4 Å². The molecule has 0 aliphatic carbocycles. The zero-order valence-electron chi connectivity index (χ0n) is 22.2. The summed E-state index contributed by atoms with van der Waals surface area (Å²) in [5.41, 5.74) is 5.19. The summed E-state index contributed by atoms with van der Waals surface area (Å²) < 4.78 is 74.7. The van der Waals surface area contributed by atoms with Crippen molar-refractivity contribution in [3.05, 3.63) is 101 Å². The van der Waals surface area contributed by atoms with Gasteiger partial charge in [-0.15, -0.1) is 0 Å². The number of halogens is 4. The lowest BCUT2D eigenvalue weighted by molar-refractivity contribution is -0.0515. The van der Waals surface area contributed by atoms with Crippen LogP contribution in [-0.2, 0) is 11.3 Å². The first-order valence-electron chi connectivity index (χ1n) is 12.4. The number of rotatable bonds is 11. The quantitative estimate of drug-likeness (QED) is 0.201. The SMILES string of the molecule is C[C@H](OC(N)=O)c1oc(-c2ccc(OC(F)F)c(OCc3ccccc3)c2)nc1C(=O)NC(C#N)c1ccc(F)cc1F. The number of benzene rings is 3. The molecule has 0 radical (unpaired) electrons. The molecule has 1 aromatic heterocycles. The van der Waals surface area contributed by atoms with Crippen LogP contribution in [0.5, 0.6) is 11.5 Å². The Bertz CT molecular complexity index is 1660. The minimum atomic E-state index is -3.15. The van der Waals surface area contributed by atoms with Crippen molar-refractivity contribution in [2.45, 2.75) is 32.3 Å². The maximum absolute atomic E-state index is 14.3. The highest BCUT2D eigenvalue weighted by Gasteiger charge is 2.30. The number of ether oxygens (including phenoxy) is 3. The highest BCUT2D eigenvalue weighted by molar-refractivity contribution is 5.94. The number of nitrogens with zero attached hydrogens (tertiary/aromatic N) is 2. The van der Waals surface area contributed by atoms with Crippen molar-refractivity contribution in [1.82, 2.24) is 10.3 Å². The first-order valence-corrected chi connectivity index (χ1v) is 12.4. The van der Waals surface area contributed by atoms with Gasteiger partial charge in [0.15, 0.2) is 29.1 Å². The maximum Gasteiger partial charge on any atom is 0.405 e. The van der Waals surface area contributed by atoms with Gasteiger partial charge < -0.3 is 29.7 Å². The molecule has 3 aromatic carbocycles. The Labute approximate surface area is 241 Å². The second-order valence-electron chi connectivity index (χ2n) is 8.83. The Kier molecular flexibility index (Phi) is 9.46. The summed E-state index contributed by atoms with van der Waals surface area (Å²) >= 11 is 0. The molecule has 43 heavy (non-hydrogen) atoms. The molecular formula is C29H22F4N4O6. The van der Waals surface area contributed by atoms with Crippen LogP contribution in [0.2, 0.25) is 0 Å². The fourth-order valence-electron chi connectivity index (χ4n) is 3.92. The van der Waals surface area contributed by atoms with Crippen molar-refractivity contribution in [2.24, 2.45) is 5.73 Å². The van der Waals surface area contributed by atoms with E-state index in [-0.39, 0.29) is 40.9 Å². The lowest BCUT2D eigenvalue weighted by Crippen LogP contribution is -2.30. The topological polar surface area (TPSA) is 150 Å². The summed E-state index contributed by atoms with van der Waals surface area (Å²) in [5.74, 6) is -3.95. The number of alkyl halides is 2. The van der Waals surface area contributed by atoms with Gasteiger partial charge in [0.2, 0.25) is 5.89 Å². The molecule has 0 aliphatic rings. The minimum absolute atomic E-state index is 0.00659. The van der Waals surface area contributed by atoms with Gasteiger partial charge in [0, 0.05) is 17.2 Å². The fourth-order valence-corrected chi connectivity index (χ4v) is 3.92. The van der Waals surface area contributed by atoms with Crippen molar-refractivity contribution < 1.29 is 45.8 Å². The Morgan fingerprint density at radius 3 is 2.47 bits per heavy atom. The van der Waals surface area contributed by atoms with Gasteiger partial charge in [-0.25, -0.2) is 18.6 Å². The predicted octanol–water partition coefficient (Wildman–Crippen LogP) is 5.95. The smallest absolute Gasteiger partial charge is 0.405 e. The lowest BCUT2D eigenvalue weighted by atomic mass is 10.1. The Balaban J connectivity index is 1.70. The van der Waals surface area contributed by atoms with Gasteiger partial charge in [0.1, 0.15) is 24.3 Å². The van der Waals surface area contributed by atoms with Gasteiger partial charge in [0.25, 0.3) is 5.91 Å². The van der Waals surface area contributed by atoms with Crippen LogP contribution in [0.1, 0.15) is 46.4 Å². The molecular weight excluding hydrogens is 576 g/mol. The van der Waals surface area contributed by atoms with Crippen LogP contribution in [0.4, 0.5) is 22.4 Å². The number of amides is 2. The van der Waals surface area contributed by atoms with E-state index in [1.807, 2.05) is 0 Å². The van der Waals surface area contributed by atoms with Gasteiger partial charge in [-0.3, -0.25) is 4.79 Å². The minimum Gasteiger partial charge on any atom is -0.485 e. The van der Waals surface area contributed by atoms with Crippen molar-refractivity contribution in [2.75, 3.05) is 0 Å². The molecule has 3 N–H and O–H groups in total. The fraction of sp³-hybridized carbons (Fsp3) is 0.172. The largest absolute Gasteiger partial charge is 0.485 e. The number of oxazole rings is 1. The van der Waals surface area contributed by atoms with Crippen LogP contribution in [0.3, 0.4) is 0 Å². The second kappa shape index (κ2) is 13.4. The van der Waals surface area contributed by atoms with Crippen molar-refractivity contribution in [1.29, 1.82) is 5.26 Å². The number of primary amides is 1. The molecule has 1 unspecified atom stereocenters. The van der Waals surface area contributed by atoms with Crippen LogP contribution >= 0.6 is 0 Å². The first-order chi connectivity index (χ1) is 20.5. The standard InChI is InChI=1S/C29H22F4N4O6/c1-15(41-29(35)39)25-24(26(38)36-21(13-34)19-9-8-18(30)12-20(19)31)37-27(43-25)17-7-10-22(42-28(32)33)23(11-17)40-14-16-5-3-2-4-6-16/h2-12,15,21,28H,14H2,1H3,(H2,35,39)(H,36,38)/t15-,21?/m0/s1. The van der Waals surface area contributed by atoms with Gasteiger partial charge >= 0.3 is 12.7 Å². The van der Waals surface area contributed by atoms with E-state index < -0.39 is 48.1 Å². The van der Waals surface area contributed by atoms with Crippen molar-refractivity contribution in [3.63, 3.8) is 0 Å². The van der Waals surface area contributed by atoms with E-state index in [2.05, 4.69) is 15.0 Å². The molecule has 222 valence electrons. The van der Waals surface area contributed by atoms with Gasteiger partial charge in [-0.1, -0.05) is 36.4 Å². The molecule has 0 fully saturated rings. The summed E-state index contributed by atoms with van der Waals surface area (Å²) in [5, 5.41) is 11.8. The second-order valence-corrected chi connectivity index (χ2v) is 8.83. The third-order valence-electron chi connectivity index (χ3n) is 5.85. The number of nitrogens with one attached hydrogen (secondary N) is 1. The van der Waals surface area contributed by atoms with E-state index in [1.165, 1.54) is 25.1 Å². The molecule has 2 amide bonds. The number of hydrogen-bond donors (Lipinski definition) is 2. The first kappa shape index (κ1) is 30.4. The maximum atomic E-state index is 14.3. The third kappa shape index (κ3) is 7.59. The summed E-state index contributed by atoms with van der Waals surface area (Å²) in [4.78, 5) is 28.8. The zero-order chi connectivity index (χ0) is 31.1. The summed E-state index contributed by atoms with van der Waals surface area (Å²) in [6.07, 6.45) is -2.47. The number of nitriles is 1. The molecule has 0 aliphatic heterocycles. The zero-order valence-corrected chi connectivity index (χ0v) is 22.2. The van der Waals surface area contributed by atoms with Gasteiger partial charge in [-0.05, 0) is 36.8 Å². The number of nitrogens with two attached hydrogens (primary N) is 1. The van der Waals surface area contributed by atoms with Crippen LogP contribution in [0.15, 0.2) is 71.1 Å². The Hall–Kier alpha value is -5.58. The molecule has 10 nitrogen and oxygen atoms in total. The molecule has 0 spiro atoms. The van der Waals surface area contributed by atoms with E-state index >= 15 is 0 Å². The highest BCUT2D eigenvalue weighted by atomic mass is 19.3. The van der Waals surface area contributed by atoms with E-state index in [4.69, 9.17) is 19.6 Å². The van der Waals surface area contributed by atoms with E-state index in [0.29, 0.717) is 6.07 Å². The molecule has 4 rings (SSSR count). The Morgan fingerprint density at radius 1 is 1.07 bits per heavy atom. The van der Waals surface area contributed by atoms with Crippen LogP contribution < -0.4 is 20.5 Å². The highest BCUT2D eigenvalue weighted by Crippen LogP contribution is 2.36. The molecule has 14 heteroatoms. The van der Waals surface area contributed by atoms with Crippen molar-refractivity contribution >= 4 is 12.0 Å². The van der Waals surface area contributed by atoms with Crippen LogP contribution in [0, 0.1) is 23.0 Å². The number of hydrogen-bond acceptors (Lipinski definition) is 8. The number of carbonyl (C=O) groups is 2. The third-order valence-corrected chi connectivity index (χ3v) is 5.85. The molecule has 0 saturated heterocycles. The van der Waals surface area contributed by atoms with Gasteiger partial charge in [-0.2, -0.15) is 14.0 Å². The Morgan fingerprint density at radius 2 is 1.81 bits per heavy atom. The van der Waals surface area contributed by atoms with E-state index in [0.717, 1.165) is 17.7 Å². The summed E-state index contributed by atoms with van der Waals surface area (Å²) in [7, 11) is 0. The monoisotopic (exact) mass is 598 g/mol. The van der Waals surface area contributed by atoms with Gasteiger partial charge in [0.05, 0.1) is 6.07 Å². The summed E-state index contributed by atoms with van der Waals surface area (Å²) in [6.45, 7) is -1.84. The summed E-state index contributed by atoms with van der Waals surface area (Å²) in [6, 6.07) is 15.2. The number of aromatic nitrogens is 1. The predicted molar refractivity (Wildman–Crippen MR) is 141 cm³/mol. The lowest BCUT2D eigenvalue weighted by Gasteiger charge is -2.13. The molecule has 0 bridgehead atoms. The average molecular weight is 599 g/mol. The average Bonchev–Trinajstić information content (AvgIpc) is 3.42. The van der Waals surface area contributed by atoms with Crippen LogP contribution in [0.25, 0.3) is 11.5 Å². The molecule has 2 atom stereocenters. The van der Waals surface area contributed by atoms with Crippen LogP contribution in [-0.4, -0.2) is 23.6 Å². The normalized spacial score (nSPS) is 12.2. The number of carbonyl (C=O) groups excluding carboxylic acids is 2. The molecule has 0 saturated carbocycles. The van der Waals surface area contributed by atoms with E-state index in [1.54, 1.807) is 36.4 Å². The molecule has 4 aromatic rings. The molecule has 1 heterocycles.